The molecule has 0 unspecified atom stereocenters. The number of hydrogen-bond donors (Lipinski definition) is 0. The van der Waals surface area contributed by atoms with Gasteiger partial charge in [0.1, 0.15) is 6.29 Å². The Balaban J connectivity index is 2.35. The fraction of sp³-hybridized carbons (Fsp3) is 0.533. The number of aldehydes is 1. The van der Waals surface area contributed by atoms with Crippen molar-refractivity contribution in [3.8, 4) is 0 Å². The van der Waals surface area contributed by atoms with Gasteiger partial charge in [-0.25, -0.2) is 8.42 Å². The van der Waals surface area contributed by atoms with E-state index in [-0.39, 0.29) is 5.92 Å². The summed E-state index contributed by atoms with van der Waals surface area (Å²) in [5.41, 5.74) is 2.65. The Morgan fingerprint density at radius 3 is 2.05 bits per heavy atom. The number of carbonyl (C=O) groups excluding carboxylic acids is 1. The van der Waals surface area contributed by atoms with Crippen molar-refractivity contribution >= 4 is 16.3 Å². The third-order valence-corrected chi connectivity index (χ3v) is 6.10. The summed E-state index contributed by atoms with van der Waals surface area (Å²) in [7, 11) is -3.45. The molecule has 20 heavy (non-hydrogen) atoms. The SMILES string of the molecule is Cc1cc(C)c(S(=O)(=O)N2CCC(C=O)CC2)c(C)c1. The zero-order valence-electron chi connectivity index (χ0n) is 12.2. The van der Waals surface area contributed by atoms with E-state index in [1.807, 2.05) is 32.9 Å². The lowest BCUT2D eigenvalue weighted by atomic mass is 10.0. The Hall–Kier alpha value is -1.20. The van der Waals surface area contributed by atoms with Crippen LogP contribution in [0.15, 0.2) is 17.0 Å². The maximum Gasteiger partial charge on any atom is 0.243 e. The maximum atomic E-state index is 12.8. The van der Waals surface area contributed by atoms with E-state index >= 15 is 0 Å². The van der Waals surface area contributed by atoms with Gasteiger partial charge in [-0.2, -0.15) is 4.31 Å². The maximum absolute atomic E-state index is 12.8. The van der Waals surface area contributed by atoms with Gasteiger partial charge in [-0.15, -0.1) is 0 Å². The molecule has 5 heteroatoms. The molecule has 0 N–H and O–H groups in total. The third-order valence-electron chi connectivity index (χ3n) is 3.89. The molecule has 1 aromatic rings. The zero-order chi connectivity index (χ0) is 14.9. The van der Waals surface area contributed by atoms with Crippen LogP contribution in [-0.2, 0) is 14.8 Å². The summed E-state index contributed by atoms with van der Waals surface area (Å²) >= 11 is 0. The van der Waals surface area contributed by atoms with Crippen molar-refractivity contribution in [3.63, 3.8) is 0 Å². The summed E-state index contributed by atoms with van der Waals surface area (Å²) in [5, 5.41) is 0. The van der Waals surface area contributed by atoms with Crippen molar-refractivity contribution in [3.05, 3.63) is 28.8 Å². The highest BCUT2D eigenvalue weighted by atomic mass is 32.2. The van der Waals surface area contributed by atoms with E-state index in [4.69, 9.17) is 0 Å². The summed E-state index contributed by atoms with van der Waals surface area (Å²) in [4.78, 5) is 11.2. The van der Waals surface area contributed by atoms with Gasteiger partial charge in [-0.3, -0.25) is 0 Å². The van der Waals surface area contributed by atoms with Crippen LogP contribution in [0, 0.1) is 26.7 Å². The standard InChI is InChI=1S/C15H21NO3S/c1-11-8-12(2)15(13(3)9-11)20(18,19)16-6-4-14(10-17)5-7-16/h8-10,14H,4-7H2,1-3H3. The highest BCUT2D eigenvalue weighted by Crippen LogP contribution is 2.28. The van der Waals surface area contributed by atoms with Gasteiger partial charge in [0.15, 0.2) is 0 Å². The minimum absolute atomic E-state index is 0.00154. The molecule has 0 saturated carbocycles. The van der Waals surface area contributed by atoms with Crippen LogP contribution < -0.4 is 0 Å². The van der Waals surface area contributed by atoms with Gasteiger partial charge in [0, 0.05) is 19.0 Å². The first-order chi connectivity index (χ1) is 9.36. The van der Waals surface area contributed by atoms with Gasteiger partial charge in [0.25, 0.3) is 0 Å². The Morgan fingerprint density at radius 2 is 1.60 bits per heavy atom. The first kappa shape index (κ1) is 15.2. The molecule has 0 radical (unpaired) electrons. The average Bonchev–Trinajstić information content (AvgIpc) is 2.37. The number of rotatable bonds is 3. The Kier molecular flexibility index (Phi) is 4.30. The van der Waals surface area contributed by atoms with Gasteiger partial charge in [0.05, 0.1) is 4.90 Å². The second-order valence-electron chi connectivity index (χ2n) is 5.61. The van der Waals surface area contributed by atoms with Crippen molar-refractivity contribution in [2.24, 2.45) is 5.92 Å². The van der Waals surface area contributed by atoms with Gasteiger partial charge in [0.2, 0.25) is 10.0 Å². The summed E-state index contributed by atoms with van der Waals surface area (Å²) in [6.45, 7) is 6.50. The summed E-state index contributed by atoms with van der Waals surface area (Å²) in [6.07, 6.45) is 2.17. The van der Waals surface area contributed by atoms with E-state index in [2.05, 4.69) is 0 Å². The molecule has 1 saturated heterocycles. The van der Waals surface area contributed by atoms with Crippen molar-refractivity contribution in [2.75, 3.05) is 13.1 Å². The van der Waals surface area contributed by atoms with Gasteiger partial charge >= 0.3 is 0 Å². The lowest BCUT2D eigenvalue weighted by Gasteiger charge is -2.30. The van der Waals surface area contributed by atoms with Gasteiger partial charge in [-0.1, -0.05) is 17.7 Å². The molecule has 4 nitrogen and oxygen atoms in total. The van der Waals surface area contributed by atoms with Crippen molar-refractivity contribution < 1.29 is 13.2 Å². The Morgan fingerprint density at radius 1 is 1.10 bits per heavy atom. The molecular weight excluding hydrogens is 274 g/mol. The molecule has 1 fully saturated rings. The lowest BCUT2D eigenvalue weighted by Crippen LogP contribution is -2.39. The number of nitrogens with zero attached hydrogens (tertiary/aromatic N) is 1. The molecule has 1 aliphatic rings. The van der Waals surface area contributed by atoms with Crippen molar-refractivity contribution in [1.82, 2.24) is 4.31 Å². The number of hydrogen-bond acceptors (Lipinski definition) is 3. The summed E-state index contributed by atoms with van der Waals surface area (Å²) in [5.74, 6) is 0.00154. The number of aryl methyl sites for hydroxylation is 3. The van der Waals surface area contributed by atoms with Gasteiger partial charge in [-0.05, 0) is 44.7 Å². The molecule has 1 heterocycles. The molecule has 2 rings (SSSR count). The predicted molar refractivity (Wildman–Crippen MR) is 78.2 cm³/mol. The number of piperidine rings is 1. The lowest BCUT2D eigenvalue weighted by molar-refractivity contribution is -0.112. The molecule has 0 aliphatic carbocycles. The monoisotopic (exact) mass is 295 g/mol. The first-order valence-electron chi connectivity index (χ1n) is 6.89. The molecule has 0 bridgehead atoms. The van der Waals surface area contributed by atoms with Crippen LogP contribution in [0.2, 0.25) is 0 Å². The molecule has 1 aliphatic heterocycles. The van der Waals surface area contributed by atoms with Crippen LogP contribution in [0.25, 0.3) is 0 Å². The van der Waals surface area contributed by atoms with E-state index < -0.39 is 10.0 Å². The molecule has 1 aromatic carbocycles. The second kappa shape index (κ2) is 5.66. The normalized spacial score (nSPS) is 18.1. The molecule has 0 atom stereocenters. The molecule has 110 valence electrons. The van der Waals surface area contributed by atoms with Crippen LogP contribution in [0.4, 0.5) is 0 Å². The zero-order valence-corrected chi connectivity index (χ0v) is 13.0. The van der Waals surface area contributed by atoms with Crippen LogP contribution in [0.3, 0.4) is 0 Å². The van der Waals surface area contributed by atoms with Crippen molar-refractivity contribution in [1.29, 1.82) is 0 Å². The van der Waals surface area contributed by atoms with E-state index in [0.29, 0.717) is 30.8 Å². The topological polar surface area (TPSA) is 54.5 Å². The molecule has 0 spiro atoms. The number of carbonyl (C=O) groups is 1. The van der Waals surface area contributed by atoms with E-state index in [1.165, 1.54) is 4.31 Å². The smallest absolute Gasteiger partial charge is 0.243 e. The number of sulfonamides is 1. The van der Waals surface area contributed by atoms with Crippen LogP contribution >= 0.6 is 0 Å². The molecule has 0 aromatic heterocycles. The number of benzene rings is 1. The van der Waals surface area contributed by atoms with Crippen LogP contribution in [0.1, 0.15) is 29.5 Å². The minimum Gasteiger partial charge on any atom is -0.303 e. The highest BCUT2D eigenvalue weighted by Gasteiger charge is 2.31. The quantitative estimate of drug-likeness (QED) is 0.803. The molecular formula is C15H21NO3S. The second-order valence-corrected chi connectivity index (χ2v) is 7.48. The average molecular weight is 295 g/mol. The fourth-order valence-electron chi connectivity index (χ4n) is 2.95. The van der Waals surface area contributed by atoms with Crippen LogP contribution in [-0.4, -0.2) is 32.1 Å². The predicted octanol–water partition coefficient (Wildman–Crippen LogP) is 2.21. The van der Waals surface area contributed by atoms with E-state index in [9.17, 15) is 13.2 Å². The Labute approximate surface area is 120 Å². The van der Waals surface area contributed by atoms with E-state index in [0.717, 1.165) is 23.0 Å². The summed E-state index contributed by atoms with van der Waals surface area (Å²) in [6, 6.07) is 3.80. The first-order valence-corrected chi connectivity index (χ1v) is 8.33. The van der Waals surface area contributed by atoms with Crippen LogP contribution in [0.5, 0.6) is 0 Å². The minimum atomic E-state index is -3.45. The summed E-state index contributed by atoms with van der Waals surface area (Å²) < 4.78 is 27.1. The van der Waals surface area contributed by atoms with Gasteiger partial charge < -0.3 is 4.79 Å². The fourth-order valence-corrected chi connectivity index (χ4v) is 4.84. The highest BCUT2D eigenvalue weighted by molar-refractivity contribution is 7.89. The third kappa shape index (κ3) is 2.79. The Bertz CT molecular complexity index is 591. The largest absolute Gasteiger partial charge is 0.303 e. The van der Waals surface area contributed by atoms with Crippen molar-refractivity contribution in [2.45, 2.75) is 38.5 Å². The molecule has 0 amide bonds. The van der Waals surface area contributed by atoms with E-state index in [1.54, 1.807) is 0 Å².